The van der Waals surface area contributed by atoms with Crippen molar-refractivity contribution in [2.75, 3.05) is 7.11 Å². The van der Waals surface area contributed by atoms with Crippen LogP contribution in [-0.2, 0) is 0 Å². The molecule has 2 aromatic rings. The first-order valence-electron chi connectivity index (χ1n) is 5.70. The fourth-order valence-corrected chi connectivity index (χ4v) is 1.89. The number of rotatable bonds is 4. The molecular formula is C14H14F2N2O. The molecule has 0 aliphatic heterocycles. The summed E-state index contributed by atoms with van der Waals surface area (Å²) >= 11 is 0. The van der Waals surface area contributed by atoms with Crippen molar-refractivity contribution < 1.29 is 13.5 Å². The molecule has 0 heterocycles. The molecule has 5 heteroatoms. The second kappa shape index (κ2) is 5.77. The molecule has 0 fully saturated rings. The lowest BCUT2D eigenvalue weighted by molar-refractivity contribution is 0.410. The maximum Gasteiger partial charge on any atom is 0.132 e. The number of hydrazine groups is 1. The van der Waals surface area contributed by atoms with Gasteiger partial charge in [-0.05, 0) is 23.8 Å². The van der Waals surface area contributed by atoms with Gasteiger partial charge >= 0.3 is 0 Å². The zero-order chi connectivity index (χ0) is 13.8. The third-order valence-corrected chi connectivity index (χ3v) is 2.89. The van der Waals surface area contributed by atoms with E-state index < -0.39 is 11.9 Å². The Labute approximate surface area is 110 Å². The lowest BCUT2D eigenvalue weighted by Gasteiger charge is -2.18. The molecule has 0 amide bonds. The van der Waals surface area contributed by atoms with E-state index in [-0.39, 0.29) is 5.82 Å². The van der Waals surface area contributed by atoms with Crippen molar-refractivity contribution in [3.63, 3.8) is 0 Å². The Kier molecular flexibility index (Phi) is 4.09. The summed E-state index contributed by atoms with van der Waals surface area (Å²) in [6, 6.07) is 9.69. The first-order valence-corrected chi connectivity index (χ1v) is 5.70. The summed E-state index contributed by atoms with van der Waals surface area (Å²) in [4.78, 5) is 0. The molecule has 0 aliphatic rings. The van der Waals surface area contributed by atoms with E-state index in [1.54, 1.807) is 24.3 Å². The highest BCUT2D eigenvalue weighted by Gasteiger charge is 2.17. The van der Waals surface area contributed by atoms with Gasteiger partial charge in [0.25, 0.3) is 0 Å². The number of hydrogen-bond donors (Lipinski definition) is 2. The van der Waals surface area contributed by atoms with Gasteiger partial charge in [0, 0.05) is 11.6 Å². The highest BCUT2D eigenvalue weighted by molar-refractivity contribution is 5.36. The van der Waals surface area contributed by atoms with Gasteiger partial charge in [0.05, 0.1) is 13.2 Å². The smallest absolute Gasteiger partial charge is 0.132 e. The quantitative estimate of drug-likeness (QED) is 0.659. The van der Waals surface area contributed by atoms with Crippen LogP contribution in [-0.4, -0.2) is 7.11 Å². The Hall–Kier alpha value is -1.98. The summed E-state index contributed by atoms with van der Waals surface area (Å²) in [5.41, 5.74) is 3.57. The third-order valence-electron chi connectivity index (χ3n) is 2.89. The van der Waals surface area contributed by atoms with Crippen LogP contribution in [0.2, 0.25) is 0 Å². The topological polar surface area (TPSA) is 47.3 Å². The number of methoxy groups -OCH3 is 1. The number of halogens is 2. The molecule has 3 nitrogen and oxygen atoms in total. The molecular weight excluding hydrogens is 250 g/mol. The number of nitrogens with one attached hydrogen (secondary N) is 1. The van der Waals surface area contributed by atoms with Gasteiger partial charge in [-0.2, -0.15) is 0 Å². The van der Waals surface area contributed by atoms with Gasteiger partial charge in [-0.1, -0.05) is 18.2 Å². The van der Waals surface area contributed by atoms with Gasteiger partial charge < -0.3 is 4.74 Å². The second-order valence-electron chi connectivity index (χ2n) is 4.04. The predicted molar refractivity (Wildman–Crippen MR) is 68.5 cm³/mol. The van der Waals surface area contributed by atoms with Crippen molar-refractivity contribution in [2.45, 2.75) is 6.04 Å². The van der Waals surface area contributed by atoms with E-state index in [0.29, 0.717) is 16.9 Å². The fraction of sp³-hybridized carbons (Fsp3) is 0.143. The summed E-state index contributed by atoms with van der Waals surface area (Å²) < 4.78 is 31.8. The second-order valence-corrected chi connectivity index (χ2v) is 4.04. The molecule has 0 aliphatic carbocycles. The van der Waals surface area contributed by atoms with Gasteiger partial charge in [0.15, 0.2) is 0 Å². The van der Waals surface area contributed by atoms with Crippen LogP contribution in [0.1, 0.15) is 17.2 Å². The SMILES string of the molecule is COc1ccc(C(NN)c2ccc(F)cc2)c(F)c1. The third kappa shape index (κ3) is 2.89. The molecule has 1 atom stereocenters. The Morgan fingerprint density at radius 2 is 1.79 bits per heavy atom. The Morgan fingerprint density at radius 1 is 1.11 bits per heavy atom. The normalized spacial score (nSPS) is 12.2. The zero-order valence-electron chi connectivity index (χ0n) is 10.4. The van der Waals surface area contributed by atoms with E-state index >= 15 is 0 Å². The summed E-state index contributed by atoms with van der Waals surface area (Å²) in [5.74, 6) is 5.11. The standard InChI is InChI=1S/C14H14F2N2O/c1-19-11-6-7-12(13(16)8-11)14(18-17)9-2-4-10(15)5-3-9/h2-8,14,18H,17H2,1H3. The molecule has 0 aromatic heterocycles. The van der Waals surface area contributed by atoms with Crippen molar-refractivity contribution in [3.05, 3.63) is 65.2 Å². The maximum absolute atomic E-state index is 14.0. The van der Waals surface area contributed by atoms with Gasteiger partial charge in [0.2, 0.25) is 0 Å². The van der Waals surface area contributed by atoms with Gasteiger partial charge in [-0.3, -0.25) is 5.84 Å². The van der Waals surface area contributed by atoms with Crippen molar-refractivity contribution in [1.82, 2.24) is 5.43 Å². The van der Waals surface area contributed by atoms with E-state index in [0.717, 1.165) is 0 Å². The van der Waals surface area contributed by atoms with E-state index in [1.807, 2.05) is 0 Å². The van der Waals surface area contributed by atoms with E-state index in [1.165, 1.54) is 25.3 Å². The van der Waals surface area contributed by atoms with Crippen molar-refractivity contribution in [2.24, 2.45) is 5.84 Å². The van der Waals surface area contributed by atoms with Crippen LogP contribution >= 0.6 is 0 Å². The molecule has 1 unspecified atom stereocenters. The van der Waals surface area contributed by atoms with Crippen LogP contribution in [0.4, 0.5) is 8.78 Å². The maximum atomic E-state index is 14.0. The van der Waals surface area contributed by atoms with Crippen LogP contribution in [0, 0.1) is 11.6 Å². The minimum Gasteiger partial charge on any atom is -0.497 e. The van der Waals surface area contributed by atoms with Crippen LogP contribution < -0.4 is 16.0 Å². The van der Waals surface area contributed by atoms with E-state index in [9.17, 15) is 8.78 Å². The molecule has 0 spiro atoms. The molecule has 3 N–H and O–H groups in total. The first-order chi connectivity index (χ1) is 9.15. The molecule has 0 saturated heterocycles. The lowest BCUT2D eigenvalue weighted by Crippen LogP contribution is -2.29. The van der Waals surface area contributed by atoms with Crippen molar-refractivity contribution in [1.29, 1.82) is 0 Å². The van der Waals surface area contributed by atoms with E-state index in [4.69, 9.17) is 10.6 Å². The molecule has 2 rings (SSSR count). The van der Waals surface area contributed by atoms with Crippen molar-refractivity contribution in [3.8, 4) is 5.75 Å². The molecule has 19 heavy (non-hydrogen) atoms. The Bertz CT molecular complexity index is 558. The molecule has 0 radical (unpaired) electrons. The minimum atomic E-state index is -0.550. The molecule has 100 valence electrons. The fourth-order valence-electron chi connectivity index (χ4n) is 1.89. The van der Waals surface area contributed by atoms with Crippen LogP contribution in [0.15, 0.2) is 42.5 Å². The summed E-state index contributed by atoms with van der Waals surface area (Å²) in [7, 11) is 1.47. The molecule has 2 aromatic carbocycles. The minimum absolute atomic E-state index is 0.352. The summed E-state index contributed by atoms with van der Waals surface area (Å²) in [6.07, 6.45) is 0. The average Bonchev–Trinajstić information content (AvgIpc) is 2.43. The molecule has 0 bridgehead atoms. The largest absolute Gasteiger partial charge is 0.497 e. The van der Waals surface area contributed by atoms with Gasteiger partial charge in [-0.15, -0.1) is 0 Å². The Morgan fingerprint density at radius 3 is 2.32 bits per heavy atom. The highest BCUT2D eigenvalue weighted by Crippen LogP contribution is 2.26. The number of hydrogen-bond acceptors (Lipinski definition) is 3. The summed E-state index contributed by atoms with van der Waals surface area (Å²) in [6.45, 7) is 0. The predicted octanol–water partition coefficient (Wildman–Crippen LogP) is 2.53. The van der Waals surface area contributed by atoms with Crippen LogP contribution in [0.25, 0.3) is 0 Å². The van der Waals surface area contributed by atoms with Gasteiger partial charge in [0.1, 0.15) is 17.4 Å². The zero-order valence-corrected chi connectivity index (χ0v) is 10.4. The number of ether oxygens (including phenoxy) is 1. The van der Waals surface area contributed by atoms with Crippen LogP contribution in [0.3, 0.4) is 0 Å². The van der Waals surface area contributed by atoms with Crippen LogP contribution in [0.5, 0.6) is 5.75 Å². The number of benzene rings is 2. The highest BCUT2D eigenvalue weighted by atomic mass is 19.1. The van der Waals surface area contributed by atoms with E-state index in [2.05, 4.69) is 5.43 Å². The lowest BCUT2D eigenvalue weighted by atomic mass is 9.98. The monoisotopic (exact) mass is 264 g/mol. The van der Waals surface area contributed by atoms with Gasteiger partial charge in [-0.25, -0.2) is 14.2 Å². The first kappa shape index (κ1) is 13.5. The summed E-state index contributed by atoms with van der Waals surface area (Å²) in [5, 5.41) is 0. The van der Waals surface area contributed by atoms with Crippen molar-refractivity contribution >= 4 is 0 Å². The Balaban J connectivity index is 2.39. The average molecular weight is 264 g/mol. The number of nitrogens with two attached hydrogens (primary N) is 1. The molecule has 0 saturated carbocycles.